The third-order valence-electron chi connectivity index (χ3n) is 4.72. The van der Waals surface area contributed by atoms with Gasteiger partial charge in [0.05, 0.1) is 25.1 Å². The molecule has 0 fully saturated rings. The van der Waals surface area contributed by atoms with E-state index in [0.29, 0.717) is 34.6 Å². The molecule has 0 aliphatic carbocycles. The van der Waals surface area contributed by atoms with Gasteiger partial charge in [0.15, 0.2) is 22.9 Å². The molecule has 0 radical (unpaired) electrons. The van der Waals surface area contributed by atoms with E-state index in [-0.39, 0.29) is 32.0 Å². The number of benzene rings is 2. The number of nitrogens with one attached hydrogen (secondary N) is 1. The molecule has 1 aliphatic heterocycles. The number of para-hydroxylation sites is 2. The number of aromatic nitrogens is 3. The van der Waals surface area contributed by atoms with Gasteiger partial charge in [-0.3, -0.25) is 14.3 Å². The Hall–Kier alpha value is -3.63. The van der Waals surface area contributed by atoms with Crippen LogP contribution in [0, 0.1) is 0 Å². The number of fused-ring (bicyclic) bond motifs is 2. The van der Waals surface area contributed by atoms with Crippen LogP contribution in [-0.2, 0) is 16.6 Å². The van der Waals surface area contributed by atoms with Gasteiger partial charge in [-0.15, -0.1) is 5.10 Å². The maximum Gasteiger partial charge on any atom is 0.276 e. The molecule has 0 bridgehead atoms. The molecular weight excluding hydrogens is 450 g/mol. The SMILES string of the molecule is Cn1cc(C(=O)N2CCOCCOc3ccccc3Oc3ccc(Cl)cc3NC(=O)C2)nn1. The van der Waals surface area contributed by atoms with Crippen molar-refractivity contribution in [1.82, 2.24) is 19.9 Å². The molecule has 1 N–H and O–H groups in total. The predicted octanol–water partition coefficient (Wildman–Crippen LogP) is 2.75. The predicted molar refractivity (Wildman–Crippen MR) is 120 cm³/mol. The molecule has 2 aromatic carbocycles. The van der Waals surface area contributed by atoms with E-state index in [1.54, 1.807) is 37.4 Å². The van der Waals surface area contributed by atoms with Crippen LogP contribution in [-0.4, -0.2) is 64.6 Å². The summed E-state index contributed by atoms with van der Waals surface area (Å²) in [7, 11) is 1.66. The van der Waals surface area contributed by atoms with E-state index < -0.39 is 11.8 Å². The lowest BCUT2D eigenvalue weighted by molar-refractivity contribution is -0.117. The van der Waals surface area contributed by atoms with Crippen LogP contribution in [0.4, 0.5) is 5.69 Å². The first-order chi connectivity index (χ1) is 16.0. The molecule has 0 unspecified atom stereocenters. The van der Waals surface area contributed by atoms with Crippen molar-refractivity contribution in [3.63, 3.8) is 0 Å². The van der Waals surface area contributed by atoms with Crippen molar-refractivity contribution < 1.29 is 23.8 Å². The zero-order valence-corrected chi connectivity index (χ0v) is 18.6. The highest BCUT2D eigenvalue weighted by atomic mass is 35.5. The monoisotopic (exact) mass is 471 g/mol. The minimum Gasteiger partial charge on any atom is -0.487 e. The molecular formula is C22H22ClN5O5. The number of aryl methyl sites for hydroxylation is 1. The van der Waals surface area contributed by atoms with Gasteiger partial charge < -0.3 is 24.4 Å². The quantitative estimate of drug-likeness (QED) is 0.581. The highest BCUT2D eigenvalue weighted by Gasteiger charge is 2.22. The second-order valence-electron chi connectivity index (χ2n) is 7.20. The Morgan fingerprint density at radius 3 is 2.70 bits per heavy atom. The summed E-state index contributed by atoms with van der Waals surface area (Å²) in [5.74, 6) is 0.519. The minimum absolute atomic E-state index is 0.133. The first-order valence-electron chi connectivity index (χ1n) is 10.2. The Bertz CT molecular complexity index is 1150. The maximum atomic E-state index is 12.9. The highest BCUT2D eigenvalue weighted by Crippen LogP contribution is 2.36. The number of halogens is 1. The van der Waals surface area contributed by atoms with Gasteiger partial charge in [0.25, 0.3) is 5.91 Å². The van der Waals surface area contributed by atoms with E-state index >= 15 is 0 Å². The minimum atomic E-state index is -0.433. The van der Waals surface area contributed by atoms with Crippen LogP contribution < -0.4 is 14.8 Å². The molecule has 0 saturated carbocycles. The fourth-order valence-corrected chi connectivity index (χ4v) is 3.34. The standard InChI is InChI=1S/C22H22ClN5O5/c1-27-13-17(25-26-27)22(30)28-8-9-31-10-11-32-19-4-2-3-5-20(19)33-18-7-6-15(23)12-16(18)24-21(29)14-28/h2-7,12-13H,8-11,14H2,1H3,(H,24,29). The van der Waals surface area contributed by atoms with Gasteiger partial charge in [0.2, 0.25) is 5.91 Å². The summed E-state index contributed by atoms with van der Waals surface area (Å²) >= 11 is 6.15. The molecule has 2 amide bonds. The Balaban J connectivity index is 1.61. The van der Waals surface area contributed by atoms with E-state index in [0.717, 1.165) is 0 Å². The molecule has 1 aliphatic rings. The van der Waals surface area contributed by atoms with Gasteiger partial charge in [-0.1, -0.05) is 28.9 Å². The lowest BCUT2D eigenvalue weighted by Crippen LogP contribution is -2.40. The van der Waals surface area contributed by atoms with Crippen LogP contribution in [0.25, 0.3) is 0 Å². The van der Waals surface area contributed by atoms with Gasteiger partial charge in [-0.05, 0) is 30.3 Å². The molecule has 3 aromatic rings. The van der Waals surface area contributed by atoms with E-state index in [9.17, 15) is 9.59 Å². The number of hydrogen-bond donors (Lipinski definition) is 1. The fraction of sp³-hybridized carbons (Fsp3) is 0.273. The lowest BCUT2D eigenvalue weighted by Gasteiger charge is -2.21. The van der Waals surface area contributed by atoms with Crippen LogP contribution >= 0.6 is 11.6 Å². The van der Waals surface area contributed by atoms with Crippen LogP contribution in [0.5, 0.6) is 17.2 Å². The second-order valence-corrected chi connectivity index (χ2v) is 7.64. The highest BCUT2D eigenvalue weighted by molar-refractivity contribution is 6.31. The number of carbonyl (C=O) groups excluding carboxylic acids is 2. The van der Waals surface area contributed by atoms with Gasteiger partial charge in [0, 0.05) is 18.6 Å². The summed E-state index contributed by atoms with van der Waals surface area (Å²) in [6, 6.07) is 12.1. The first-order valence-corrected chi connectivity index (χ1v) is 10.6. The van der Waals surface area contributed by atoms with Crippen molar-refractivity contribution in [2.24, 2.45) is 7.05 Å². The summed E-state index contributed by atoms with van der Waals surface area (Å²) in [5.41, 5.74) is 0.495. The number of hydrogen-bond acceptors (Lipinski definition) is 7. The summed E-state index contributed by atoms with van der Waals surface area (Å²) in [6.45, 7) is 0.738. The summed E-state index contributed by atoms with van der Waals surface area (Å²) in [4.78, 5) is 27.1. The topological polar surface area (TPSA) is 108 Å². The zero-order chi connectivity index (χ0) is 23.2. The van der Waals surface area contributed by atoms with E-state index in [1.165, 1.54) is 15.8 Å². The lowest BCUT2D eigenvalue weighted by atomic mass is 10.2. The fourth-order valence-electron chi connectivity index (χ4n) is 3.17. The van der Waals surface area contributed by atoms with Gasteiger partial charge in [-0.2, -0.15) is 0 Å². The third-order valence-corrected chi connectivity index (χ3v) is 4.95. The van der Waals surface area contributed by atoms with E-state index in [4.69, 9.17) is 25.8 Å². The van der Waals surface area contributed by atoms with Crippen LogP contribution in [0.15, 0.2) is 48.7 Å². The van der Waals surface area contributed by atoms with Crippen molar-refractivity contribution in [3.8, 4) is 17.2 Å². The molecule has 0 saturated heterocycles. The summed E-state index contributed by atoms with van der Waals surface area (Å²) < 4.78 is 18.9. The number of ether oxygens (including phenoxy) is 3. The summed E-state index contributed by atoms with van der Waals surface area (Å²) in [5, 5.41) is 10.8. The average Bonchev–Trinajstić information content (AvgIpc) is 3.23. The van der Waals surface area contributed by atoms with E-state index in [2.05, 4.69) is 15.6 Å². The second kappa shape index (κ2) is 10.3. The number of carbonyl (C=O) groups is 2. The van der Waals surface area contributed by atoms with Crippen molar-refractivity contribution in [3.05, 3.63) is 59.4 Å². The van der Waals surface area contributed by atoms with Crippen LogP contribution in [0.2, 0.25) is 5.02 Å². The Kier molecular flexibility index (Phi) is 7.06. The molecule has 0 spiro atoms. The normalized spacial score (nSPS) is 15.1. The molecule has 0 atom stereocenters. The number of amides is 2. The zero-order valence-electron chi connectivity index (χ0n) is 17.9. The molecule has 33 heavy (non-hydrogen) atoms. The summed E-state index contributed by atoms with van der Waals surface area (Å²) in [6.07, 6.45) is 1.49. The van der Waals surface area contributed by atoms with Crippen molar-refractivity contribution in [2.45, 2.75) is 0 Å². The van der Waals surface area contributed by atoms with Crippen LogP contribution in [0.3, 0.4) is 0 Å². The number of anilines is 1. The van der Waals surface area contributed by atoms with Gasteiger partial charge in [-0.25, -0.2) is 0 Å². The van der Waals surface area contributed by atoms with Gasteiger partial charge in [0.1, 0.15) is 13.2 Å². The maximum absolute atomic E-state index is 12.9. The molecule has 11 heteroatoms. The first kappa shape index (κ1) is 22.6. The Morgan fingerprint density at radius 2 is 1.91 bits per heavy atom. The smallest absolute Gasteiger partial charge is 0.276 e. The average molecular weight is 472 g/mol. The molecule has 4 rings (SSSR count). The van der Waals surface area contributed by atoms with Crippen molar-refractivity contribution in [1.29, 1.82) is 0 Å². The Morgan fingerprint density at radius 1 is 1.09 bits per heavy atom. The van der Waals surface area contributed by atoms with E-state index in [1.807, 2.05) is 12.1 Å². The van der Waals surface area contributed by atoms with Gasteiger partial charge >= 0.3 is 0 Å². The molecule has 2 heterocycles. The largest absolute Gasteiger partial charge is 0.487 e. The number of rotatable bonds is 1. The molecule has 172 valence electrons. The Labute approximate surface area is 195 Å². The molecule has 1 aromatic heterocycles. The van der Waals surface area contributed by atoms with Crippen molar-refractivity contribution >= 4 is 29.1 Å². The van der Waals surface area contributed by atoms with Crippen LogP contribution in [0.1, 0.15) is 10.5 Å². The molecule has 10 nitrogen and oxygen atoms in total. The number of nitrogens with zero attached hydrogens (tertiary/aromatic N) is 4. The van der Waals surface area contributed by atoms with Crippen molar-refractivity contribution in [2.75, 3.05) is 38.2 Å². The third kappa shape index (κ3) is 5.79.